The van der Waals surface area contributed by atoms with Crippen molar-refractivity contribution in [3.8, 4) is 5.75 Å². The average molecular weight is 492 g/mol. The molecule has 3 aromatic carbocycles. The number of benzene rings is 3. The molecule has 1 heterocycles. The van der Waals surface area contributed by atoms with E-state index in [0.717, 1.165) is 22.6 Å². The summed E-state index contributed by atoms with van der Waals surface area (Å²) in [4.78, 5) is 0. The lowest BCUT2D eigenvalue weighted by atomic mass is 9.87. The monoisotopic (exact) mass is 491 g/mol. The van der Waals surface area contributed by atoms with Crippen LogP contribution in [0.4, 0.5) is 10.1 Å². The lowest BCUT2D eigenvalue weighted by Gasteiger charge is -2.44. The molecule has 0 spiro atoms. The number of hydrogen-bond acceptors (Lipinski definition) is 4. The van der Waals surface area contributed by atoms with Crippen molar-refractivity contribution in [1.29, 1.82) is 0 Å². The van der Waals surface area contributed by atoms with Gasteiger partial charge < -0.3 is 19.5 Å². The van der Waals surface area contributed by atoms with Crippen LogP contribution in [0.1, 0.15) is 69.9 Å². The maximum atomic E-state index is 13.7. The van der Waals surface area contributed by atoms with Gasteiger partial charge in [-0.05, 0) is 73.2 Å². The third kappa shape index (κ3) is 6.08. The van der Waals surface area contributed by atoms with Crippen molar-refractivity contribution in [1.82, 2.24) is 0 Å². The lowest BCUT2D eigenvalue weighted by Crippen LogP contribution is -2.51. The summed E-state index contributed by atoms with van der Waals surface area (Å²) in [6.45, 7) is 14.2. The SMILES string of the molecule is CCOC1c2cc(NCc3ccc(C(C)(C)C)cc3)ccc2OC(C)(C)C1OCc1cccc(F)c1. The molecule has 0 bridgehead atoms. The van der Waals surface area contributed by atoms with Gasteiger partial charge in [-0.3, -0.25) is 0 Å². The fourth-order valence-corrected chi connectivity index (χ4v) is 4.63. The van der Waals surface area contributed by atoms with Crippen molar-refractivity contribution in [2.24, 2.45) is 0 Å². The molecule has 3 aromatic rings. The summed E-state index contributed by atoms with van der Waals surface area (Å²) < 4.78 is 32.6. The Kier molecular flexibility index (Phi) is 7.72. The highest BCUT2D eigenvalue weighted by atomic mass is 19.1. The molecule has 2 unspecified atom stereocenters. The Labute approximate surface area is 214 Å². The number of nitrogens with one attached hydrogen (secondary N) is 1. The van der Waals surface area contributed by atoms with Crippen LogP contribution >= 0.6 is 0 Å². The normalized spacial score (nSPS) is 18.9. The minimum Gasteiger partial charge on any atom is -0.485 e. The number of halogens is 1. The Morgan fingerprint density at radius 1 is 0.944 bits per heavy atom. The van der Waals surface area contributed by atoms with Crippen molar-refractivity contribution in [2.45, 2.75) is 77.9 Å². The maximum Gasteiger partial charge on any atom is 0.132 e. The third-order valence-corrected chi connectivity index (χ3v) is 6.63. The van der Waals surface area contributed by atoms with Crippen LogP contribution in [0.15, 0.2) is 66.7 Å². The van der Waals surface area contributed by atoms with Crippen molar-refractivity contribution in [2.75, 3.05) is 11.9 Å². The molecule has 0 fully saturated rings. The molecule has 4 nitrogen and oxygen atoms in total. The van der Waals surface area contributed by atoms with Crippen LogP contribution in [0.2, 0.25) is 0 Å². The van der Waals surface area contributed by atoms with Crippen LogP contribution in [0, 0.1) is 5.82 Å². The second kappa shape index (κ2) is 10.6. The smallest absolute Gasteiger partial charge is 0.132 e. The second-order valence-electron chi connectivity index (χ2n) is 11.0. The van der Waals surface area contributed by atoms with E-state index in [4.69, 9.17) is 14.2 Å². The zero-order valence-electron chi connectivity index (χ0n) is 22.2. The van der Waals surface area contributed by atoms with E-state index < -0.39 is 5.60 Å². The molecule has 1 aliphatic rings. The standard InChI is InChI=1S/C31H38FNO3/c1-7-34-28-26-18-25(33-19-21-11-13-23(14-12-21)30(2,3)4)15-16-27(26)36-31(5,6)29(28)35-20-22-9-8-10-24(32)17-22/h8-18,28-29,33H,7,19-20H2,1-6H3. The van der Waals surface area contributed by atoms with E-state index in [1.165, 1.54) is 23.3 Å². The summed E-state index contributed by atoms with van der Waals surface area (Å²) in [6.07, 6.45) is -0.677. The van der Waals surface area contributed by atoms with Gasteiger partial charge in [-0.1, -0.05) is 57.2 Å². The summed E-state index contributed by atoms with van der Waals surface area (Å²) in [6, 6.07) is 21.4. The van der Waals surface area contributed by atoms with Crippen molar-refractivity contribution in [3.05, 3.63) is 94.8 Å². The average Bonchev–Trinajstić information content (AvgIpc) is 2.82. The van der Waals surface area contributed by atoms with E-state index in [9.17, 15) is 4.39 Å². The van der Waals surface area contributed by atoms with Crippen LogP contribution < -0.4 is 10.1 Å². The van der Waals surface area contributed by atoms with Gasteiger partial charge in [0.25, 0.3) is 0 Å². The predicted molar refractivity (Wildman–Crippen MR) is 143 cm³/mol. The number of anilines is 1. The Hall–Kier alpha value is -2.89. The zero-order chi connectivity index (χ0) is 25.9. The zero-order valence-corrected chi connectivity index (χ0v) is 22.2. The molecule has 1 N–H and O–H groups in total. The van der Waals surface area contributed by atoms with E-state index in [0.29, 0.717) is 13.2 Å². The van der Waals surface area contributed by atoms with Crippen LogP contribution in [0.3, 0.4) is 0 Å². The largest absolute Gasteiger partial charge is 0.485 e. The first-order valence-corrected chi connectivity index (χ1v) is 12.7. The van der Waals surface area contributed by atoms with Gasteiger partial charge in [0, 0.05) is 24.4 Å². The van der Waals surface area contributed by atoms with Gasteiger partial charge in [0.15, 0.2) is 0 Å². The van der Waals surface area contributed by atoms with Crippen LogP contribution in [0.25, 0.3) is 0 Å². The van der Waals surface area contributed by atoms with Gasteiger partial charge in [-0.15, -0.1) is 0 Å². The molecular weight excluding hydrogens is 453 g/mol. The summed E-state index contributed by atoms with van der Waals surface area (Å²) in [5, 5.41) is 3.54. The number of rotatable bonds is 8. The lowest BCUT2D eigenvalue weighted by molar-refractivity contribution is -0.165. The van der Waals surface area contributed by atoms with E-state index >= 15 is 0 Å². The Balaban J connectivity index is 1.52. The second-order valence-corrected chi connectivity index (χ2v) is 11.0. The topological polar surface area (TPSA) is 39.7 Å². The predicted octanol–water partition coefficient (Wildman–Crippen LogP) is 7.57. The summed E-state index contributed by atoms with van der Waals surface area (Å²) in [5.41, 5.74) is 4.78. The van der Waals surface area contributed by atoms with Gasteiger partial charge in [0.2, 0.25) is 0 Å². The van der Waals surface area contributed by atoms with Crippen molar-refractivity contribution < 1.29 is 18.6 Å². The number of fused-ring (bicyclic) bond motifs is 1. The molecule has 5 heteroatoms. The first-order chi connectivity index (χ1) is 17.1. The van der Waals surface area contributed by atoms with Gasteiger partial charge in [-0.25, -0.2) is 4.39 Å². The molecule has 4 rings (SSSR count). The number of hydrogen-bond donors (Lipinski definition) is 1. The highest BCUT2D eigenvalue weighted by Crippen LogP contribution is 2.44. The van der Waals surface area contributed by atoms with E-state index in [-0.39, 0.29) is 30.0 Å². The van der Waals surface area contributed by atoms with E-state index in [2.05, 4.69) is 56.4 Å². The van der Waals surface area contributed by atoms with Crippen LogP contribution in [-0.4, -0.2) is 18.3 Å². The molecule has 0 saturated heterocycles. The Morgan fingerprint density at radius 2 is 1.69 bits per heavy atom. The molecule has 2 atom stereocenters. The van der Waals surface area contributed by atoms with E-state index in [1.807, 2.05) is 39.0 Å². The molecule has 0 amide bonds. The molecule has 0 saturated carbocycles. The maximum absolute atomic E-state index is 13.7. The van der Waals surface area contributed by atoms with E-state index in [1.54, 1.807) is 6.07 Å². The van der Waals surface area contributed by atoms with Gasteiger partial charge in [0.05, 0.1) is 6.61 Å². The summed E-state index contributed by atoms with van der Waals surface area (Å²) >= 11 is 0. The Bertz CT molecular complexity index is 1170. The molecule has 1 aliphatic heterocycles. The van der Waals surface area contributed by atoms with Crippen LogP contribution in [0.5, 0.6) is 5.75 Å². The first-order valence-electron chi connectivity index (χ1n) is 12.7. The minimum absolute atomic E-state index is 0.139. The van der Waals surface area contributed by atoms with Gasteiger partial charge >= 0.3 is 0 Å². The quantitative estimate of drug-likeness (QED) is 0.353. The molecule has 36 heavy (non-hydrogen) atoms. The van der Waals surface area contributed by atoms with Crippen molar-refractivity contribution in [3.63, 3.8) is 0 Å². The summed E-state index contributed by atoms with van der Waals surface area (Å²) in [5.74, 6) is 0.523. The van der Waals surface area contributed by atoms with Crippen LogP contribution in [-0.2, 0) is 28.0 Å². The van der Waals surface area contributed by atoms with Gasteiger partial charge in [-0.2, -0.15) is 0 Å². The minimum atomic E-state index is -0.621. The molecule has 0 aromatic heterocycles. The van der Waals surface area contributed by atoms with Crippen molar-refractivity contribution >= 4 is 5.69 Å². The molecular formula is C31H38FNO3. The molecule has 0 aliphatic carbocycles. The first kappa shape index (κ1) is 26.2. The number of ether oxygens (including phenoxy) is 3. The molecule has 0 radical (unpaired) electrons. The highest BCUT2D eigenvalue weighted by Gasteiger charge is 2.45. The fourth-order valence-electron chi connectivity index (χ4n) is 4.63. The fraction of sp³-hybridized carbons (Fsp3) is 0.419. The molecule has 192 valence electrons. The Morgan fingerprint density at radius 3 is 2.36 bits per heavy atom. The highest BCUT2D eigenvalue weighted by molar-refractivity contribution is 5.54. The van der Waals surface area contributed by atoms with Gasteiger partial charge in [0.1, 0.15) is 29.4 Å². The third-order valence-electron chi connectivity index (χ3n) is 6.63. The summed E-state index contributed by atoms with van der Waals surface area (Å²) in [7, 11) is 0.